The van der Waals surface area contributed by atoms with Gasteiger partial charge < -0.3 is 0 Å². The van der Waals surface area contributed by atoms with E-state index in [1.54, 1.807) is 12.1 Å². The Labute approximate surface area is 138 Å². The molecule has 0 spiro atoms. The van der Waals surface area contributed by atoms with Gasteiger partial charge >= 0.3 is 0 Å². The number of nitrogens with one attached hydrogen (secondary N) is 1. The lowest BCUT2D eigenvalue weighted by atomic mass is 10.1. The topological polar surface area (TPSA) is 41.5 Å². The fourth-order valence-electron chi connectivity index (χ4n) is 1.76. The molecule has 0 bridgehead atoms. The number of nitrogens with zero attached hydrogens (tertiary/aromatic N) is 1. The number of carbonyl (C=O) groups excluding carboxylic acids is 1. The van der Waals surface area contributed by atoms with Gasteiger partial charge in [0.05, 0.1) is 5.71 Å². The van der Waals surface area contributed by atoms with Gasteiger partial charge in [-0.15, -0.1) is 0 Å². The molecule has 1 N–H and O–H groups in total. The molecule has 0 aliphatic rings. The highest BCUT2D eigenvalue weighted by atomic mass is 79.9. The molecule has 0 aliphatic heterocycles. The van der Waals surface area contributed by atoms with Crippen molar-refractivity contribution in [1.29, 1.82) is 0 Å². The first kappa shape index (κ1) is 16.2. The number of allylic oxidation sites excluding steroid dienone is 1. The Morgan fingerprint density at radius 3 is 2.59 bits per heavy atom. The van der Waals surface area contributed by atoms with Crippen LogP contribution in [-0.4, -0.2) is 11.6 Å². The van der Waals surface area contributed by atoms with Crippen LogP contribution in [0.5, 0.6) is 0 Å². The molecule has 1 amide bonds. The van der Waals surface area contributed by atoms with E-state index in [-0.39, 0.29) is 5.91 Å². The van der Waals surface area contributed by atoms with Crippen LogP contribution in [0.1, 0.15) is 28.4 Å². The van der Waals surface area contributed by atoms with Crippen molar-refractivity contribution in [3.8, 4) is 0 Å². The first-order chi connectivity index (χ1) is 10.6. The van der Waals surface area contributed by atoms with Gasteiger partial charge in [0.25, 0.3) is 5.91 Å². The average molecular weight is 357 g/mol. The zero-order valence-corrected chi connectivity index (χ0v) is 14.1. The van der Waals surface area contributed by atoms with Crippen molar-refractivity contribution in [2.45, 2.75) is 13.8 Å². The minimum Gasteiger partial charge on any atom is -0.267 e. The van der Waals surface area contributed by atoms with E-state index in [0.29, 0.717) is 5.56 Å². The molecule has 0 aliphatic carbocycles. The van der Waals surface area contributed by atoms with Crippen LogP contribution >= 0.6 is 15.9 Å². The lowest BCUT2D eigenvalue weighted by Crippen LogP contribution is -2.18. The molecule has 0 saturated carbocycles. The molecule has 2 rings (SSSR count). The van der Waals surface area contributed by atoms with Crippen LogP contribution in [-0.2, 0) is 0 Å². The SMILES string of the molecule is CC(/C=C/c1ccccc1)=N\NC(=O)c1ccc(C)c(Br)c1. The first-order valence-electron chi connectivity index (χ1n) is 6.90. The number of carbonyl (C=O) groups is 1. The Morgan fingerprint density at radius 1 is 1.18 bits per heavy atom. The largest absolute Gasteiger partial charge is 0.271 e. The third-order valence-corrected chi connectivity index (χ3v) is 3.94. The molecule has 0 unspecified atom stereocenters. The summed E-state index contributed by atoms with van der Waals surface area (Å²) < 4.78 is 0.907. The molecular weight excluding hydrogens is 340 g/mol. The molecule has 112 valence electrons. The molecule has 0 heterocycles. The van der Waals surface area contributed by atoms with Crippen LogP contribution in [0.3, 0.4) is 0 Å². The zero-order valence-electron chi connectivity index (χ0n) is 12.5. The molecule has 0 fully saturated rings. The fraction of sp³-hybridized carbons (Fsp3) is 0.111. The van der Waals surface area contributed by atoms with Crippen molar-refractivity contribution in [3.05, 3.63) is 75.8 Å². The second-order valence-electron chi connectivity index (χ2n) is 4.90. The van der Waals surface area contributed by atoms with Gasteiger partial charge in [0.15, 0.2) is 0 Å². The molecule has 22 heavy (non-hydrogen) atoms. The summed E-state index contributed by atoms with van der Waals surface area (Å²) in [5.41, 5.74) is 6.03. The van der Waals surface area contributed by atoms with E-state index < -0.39 is 0 Å². The predicted octanol–water partition coefficient (Wildman–Crippen LogP) is 4.58. The van der Waals surface area contributed by atoms with Crippen LogP contribution in [0.15, 0.2) is 64.2 Å². The highest BCUT2D eigenvalue weighted by molar-refractivity contribution is 9.10. The van der Waals surface area contributed by atoms with Crippen LogP contribution in [0.4, 0.5) is 0 Å². The Morgan fingerprint density at radius 2 is 1.91 bits per heavy atom. The van der Waals surface area contributed by atoms with E-state index in [1.807, 2.05) is 62.4 Å². The number of halogens is 1. The molecular formula is C18H17BrN2O. The maximum Gasteiger partial charge on any atom is 0.271 e. The van der Waals surface area contributed by atoms with E-state index in [1.165, 1.54) is 0 Å². The molecule has 2 aromatic carbocycles. The molecule has 0 aromatic heterocycles. The number of aryl methyl sites for hydroxylation is 1. The Hall–Kier alpha value is -2.20. The van der Waals surface area contributed by atoms with Crippen LogP contribution in [0.2, 0.25) is 0 Å². The number of rotatable bonds is 4. The Balaban J connectivity index is 1.99. The van der Waals surface area contributed by atoms with Gasteiger partial charge in [0.2, 0.25) is 0 Å². The second kappa shape index (κ2) is 7.71. The summed E-state index contributed by atoms with van der Waals surface area (Å²) in [6.07, 6.45) is 3.81. The van der Waals surface area contributed by atoms with E-state index >= 15 is 0 Å². The van der Waals surface area contributed by atoms with E-state index in [4.69, 9.17) is 0 Å². The Kier molecular flexibility index (Phi) is 5.67. The van der Waals surface area contributed by atoms with E-state index in [2.05, 4.69) is 26.5 Å². The van der Waals surface area contributed by atoms with Crippen molar-refractivity contribution in [2.75, 3.05) is 0 Å². The van der Waals surface area contributed by atoms with Crippen molar-refractivity contribution >= 4 is 33.6 Å². The highest BCUT2D eigenvalue weighted by Crippen LogP contribution is 2.17. The van der Waals surface area contributed by atoms with Gasteiger partial charge in [0.1, 0.15) is 0 Å². The lowest BCUT2D eigenvalue weighted by molar-refractivity contribution is 0.0955. The smallest absolute Gasteiger partial charge is 0.267 e. The van der Waals surface area contributed by atoms with Gasteiger partial charge in [-0.1, -0.05) is 58.4 Å². The molecule has 0 atom stereocenters. The maximum atomic E-state index is 12.0. The number of benzene rings is 2. The second-order valence-corrected chi connectivity index (χ2v) is 5.76. The average Bonchev–Trinajstić information content (AvgIpc) is 2.54. The number of amides is 1. The van der Waals surface area contributed by atoms with E-state index in [9.17, 15) is 4.79 Å². The number of hydrazone groups is 1. The van der Waals surface area contributed by atoms with Gasteiger partial charge in [0, 0.05) is 10.0 Å². The van der Waals surface area contributed by atoms with Crippen molar-refractivity contribution in [1.82, 2.24) is 5.43 Å². The monoisotopic (exact) mass is 356 g/mol. The first-order valence-corrected chi connectivity index (χ1v) is 7.69. The van der Waals surface area contributed by atoms with Gasteiger partial charge in [-0.3, -0.25) is 4.79 Å². The Bertz CT molecular complexity index is 721. The van der Waals surface area contributed by atoms with Crippen molar-refractivity contribution in [2.24, 2.45) is 5.10 Å². The highest BCUT2D eigenvalue weighted by Gasteiger charge is 2.05. The fourth-order valence-corrected chi connectivity index (χ4v) is 2.13. The van der Waals surface area contributed by atoms with Crippen molar-refractivity contribution < 1.29 is 4.79 Å². The van der Waals surface area contributed by atoms with Gasteiger partial charge in [-0.05, 0) is 43.2 Å². The lowest BCUT2D eigenvalue weighted by Gasteiger charge is -2.03. The third kappa shape index (κ3) is 4.67. The zero-order chi connectivity index (χ0) is 15.9. The summed E-state index contributed by atoms with van der Waals surface area (Å²) in [6.45, 7) is 3.81. The summed E-state index contributed by atoms with van der Waals surface area (Å²) in [4.78, 5) is 12.0. The summed E-state index contributed by atoms with van der Waals surface area (Å²) in [6, 6.07) is 15.4. The van der Waals surface area contributed by atoms with Crippen LogP contribution in [0.25, 0.3) is 6.08 Å². The normalized spacial score (nSPS) is 11.7. The van der Waals surface area contributed by atoms with Crippen molar-refractivity contribution in [3.63, 3.8) is 0 Å². The molecule has 0 saturated heterocycles. The molecule has 0 radical (unpaired) electrons. The van der Waals surface area contributed by atoms with Crippen LogP contribution < -0.4 is 5.43 Å². The summed E-state index contributed by atoms with van der Waals surface area (Å²) in [5, 5.41) is 4.08. The maximum absolute atomic E-state index is 12.0. The van der Waals surface area contributed by atoms with Crippen LogP contribution in [0, 0.1) is 6.92 Å². The summed E-state index contributed by atoms with van der Waals surface area (Å²) in [7, 11) is 0. The molecule has 2 aromatic rings. The quantitative estimate of drug-likeness (QED) is 0.632. The summed E-state index contributed by atoms with van der Waals surface area (Å²) in [5.74, 6) is -0.229. The minimum absolute atomic E-state index is 0.229. The van der Waals surface area contributed by atoms with E-state index in [0.717, 1.165) is 21.3 Å². The minimum atomic E-state index is -0.229. The summed E-state index contributed by atoms with van der Waals surface area (Å²) >= 11 is 3.42. The predicted molar refractivity (Wildman–Crippen MR) is 94.9 cm³/mol. The van der Waals surface area contributed by atoms with Gasteiger partial charge in [-0.25, -0.2) is 5.43 Å². The number of hydrogen-bond acceptors (Lipinski definition) is 2. The molecule has 3 nitrogen and oxygen atoms in total. The van der Waals surface area contributed by atoms with Gasteiger partial charge in [-0.2, -0.15) is 5.10 Å². The standard InChI is InChI=1S/C18H17BrN2O/c1-13-8-11-16(12-17(13)19)18(22)21-20-14(2)9-10-15-6-4-3-5-7-15/h3-12H,1-2H3,(H,21,22)/b10-9+,20-14+. The molecule has 4 heteroatoms. The third-order valence-electron chi connectivity index (χ3n) is 3.08. The number of hydrogen-bond donors (Lipinski definition) is 1.